The number of phenols is 1. The lowest BCUT2D eigenvalue weighted by Crippen LogP contribution is -2.25. The fourth-order valence-electron chi connectivity index (χ4n) is 5.59. The van der Waals surface area contributed by atoms with Gasteiger partial charge in [-0.1, -0.05) is 132 Å². The normalized spacial score (nSPS) is 13.2. The number of benzene rings is 1. The van der Waals surface area contributed by atoms with Crippen molar-refractivity contribution in [3.8, 4) is 11.5 Å². The van der Waals surface area contributed by atoms with Crippen molar-refractivity contribution in [1.82, 2.24) is 0 Å². The first-order valence-corrected chi connectivity index (χ1v) is 15.5. The minimum Gasteiger partial charge on any atom is -0.508 e. The van der Waals surface area contributed by atoms with Crippen LogP contribution in [-0.4, -0.2) is 16.2 Å². The Labute approximate surface area is 235 Å². The van der Waals surface area contributed by atoms with Crippen LogP contribution >= 0.6 is 0 Å². The van der Waals surface area contributed by atoms with Crippen molar-refractivity contribution in [2.45, 2.75) is 169 Å². The van der Waals surface area contributed by atoms with E-state index in [2.05, 4.69) is 55.4 Å². The number of hydrogen-bond acceptors (Lipinski definition) is 4. The Balaban J connectivity index is 3.42. The third-order valence-electron chi connectivity index (χ3n) is 7.70. The molecule has 0 heterocycles. The number of hydrogen-bond donors (Lipinski definition) is 2. The maximum absolute atomic E-state index is 12.2. The van der Waals surface area contributed by atoms with E-state index in [1.807, 2.05) is 0 Å². The molecule has 1 atom stereocenters. The van der Waals surface area contributed by atoms with Crippen LogP contribution in [0, 0.1) is 5.92 Å². The molecule has 1 aromatic rings. The molecule has 0 saturated carbocycles. The Bertz CT molecular complexity index is 812. The molecule has 4 heteroatoms. The van der Waals surface area contributed by atoms with Crippen molar-refractivity contribution in [3.63, 3.8) is 0 Å². The second-order valence-electron chi connectivity index (χ2n) is 13.5. The molecule has 0 spiro atoms. The average molecular weight is 533 g/mol. The van der Waals surface area contributed by atoms with E-state index in [1.54, 1.807) is 6.07 Å². The Kier molecular flexibility index (Phi) is 15.0. The van der Waals surface area contributed by atoms with Crippen LogP contribution < -0.4 is 4.74 Å². The van der Waals surface area contributed by atoms with Crippen molar-refractivity contribution < 1.29 is 19.7 Å². The summed E-state index contributed by atoms with van der Waals surface area (Å²) in [7, 11) is 0. The maximum Gasteiger partial charge on any atom is 0.308 e. The summed E-state index contributed by atoms with van der Waals surface area (Å²) in [6.45, 7) is 18.2. The first kappa shape index (κ1) is 34.5. The lowest BCUT2D eigenvalue weighted by Gasteiger charge is -2.35. The molecule has 4 nitrogen and oxygen atoms in total. The van der Waals surface area contributed by atoms with Gasteiger partial charge < -0.3 is 14.9 Å². The van der Waals surface area contributed by atoms with E-state index in [4.69, 9.17) is 4.74 Å². The smallest absolute Gasteiger partial charge is 0.308 e. The van der Waals surface area contributed by atoms with E-state index in [0.29, 0.717) is 11.3 Å². The largest absolute Gasteiger partial charge is 0.508 e. The number of aromatic hydroxyl groups is 1. The summed E-state index contributed by atoms with van der Waals surface area (Å²) >= 11 is 0. The van der Waals surface area contributed by atoms with E-state index in [1.165, 1.54) is 71.1 Å². The number of aliphatic hydroxyl groups excluding tert-OH is 1. The van der Waals surface area contributed by atoms with E-state index < -0.39 is 11.5 Å². The third kappa shape index (κ3) is 11.3. The van der Waals surface area contributed by atoms with Gasteiger partial charge in [-0.25, -0.2) is 0 Å². The molecule has 0 radical (unpaired) electrons. The molecule has 0 aliphatic carbocycles. The van der Waals surface area contributed by atoms with Crippen molar-refractivity contribution >= 4 is 5.97 Å². The van der Waals surface area contributed by atoms with E-state index in [9.17, 15) is 15.0 Å². The predicted octanol–water partition coefficient (Wildman–Crippen LogP) is 10.1. The van der Waals surface area contributed by atoms with Crippen LogP contribution in [-0.2, 0) is 15.6 Å². The summed E-state index contributed by atoms with van der Waals surface area (Å²) in [4.78, 5) is 12.2. The highest BCUT2D eigenvalue weighted by atomic mass is 16.5. The van der Waals surface area contributed by atoms with Crippen LogP contribution in [0.5, 0.6) is 11.5 Å². The van der Waals surface area contributed by atoms with Gasteiger partial charge in [-0.3, -0.25) is 4.79 Å². The van der Waals surface area contributed by atoms with Gasteiger partial charge in [0.2, 0.25) is 0 Å². The first-order chi connectivity index (χ1) is 17.8. The summed E-state index contributed by atoms with van der Waals surface area (Å²) < 4.78 is 5.87. The van der Waals surface area contributed by atoms with E-state index in [-0.39, 0.29) is 23.1 Å². The monoisotopic (exact) mass is 532 g/mol. The zero-order valence-electron chi connectivity index (χ0n) is 26.3. The van der Waals surface area contributed by atoms with Gasteiger partial charge in [0.15, 0.2) is 0 Å². The molecule has 0 saturated heterocycles. The topological polar surface area (TPSA) is 66.8 Å². The second kappa shape index (κ2) is 16.5. The average Bonchev–Trinajstić information content (AvgIpc) is 2.80. The highest BCUT2D eigenvalue weighted by Gasteiger charge is 2.36. The minimum atomic E-state index is -0.807. The maximum atomic E-state index is 12.2. The molecule has 0 aliphatic rings. The van der Waals surface area contributed by atoms with Crippen LogP contribution in [0.25, 0.3) is 0 Å². The Morgan fingerprint density at radius 2 is 1.24 bits per heavy atom. The number of ether oxygens (including phenoxy) is 1. The molecule has 220 valence electrons. The summed E-state index contributed by atoms with van der Waals surface area (Å²) in [6.07, 6.45) is 15.7. The molecular formula is C34H60O4. The number of rotatable bonds is 17. The molecule has 0 aromatic heterocycles. The lowest BCUT2D eigenvalue weighted by molar-refractivity contribution is -0.132. The van der Waals surface area contributed by atoms with Crippen molar-refractivity contribution in [1.29, 1.82) is 0 Å². The second-order valence-corrected chi connectivity index (χ2v) is 13.5. The van der Waals surface area contributed by atoms with Crippen molar-refractivity contribution in [3.05, 3.63) is 22.8 Å². The van der Waals surface area contributed by atoms with Crippen LogP contribution in [0.1, 0.15) is 175 Å². The zero-order valence-corrected chi connectivity index (χ0v) is 26.3. The lowest BCUT2D eigenvalue weighted by atomic mass is 9.73. The van der Waals surface area contributed by atoms with Crippen LogP contribution in [0.2, 0.25) is 0 Å². The van der Waals surface area contributed by atoms with Crippen molar-refractivity contribution in [2.24, 2.45) is 5.92 Å². The van der Waals surface area contributed by atoms with Gasteiger partial charge in [-0.05, 0) is 35.7 Å². The molecule has 0 aliphatic heterocycles. The third-order valence-corrected chi connectivity index (χ3v) is 7.70. The van der Waals surface area contributed by atoms with Crippen LogP contribution in [0.4, 0.5) is 0 Å². The number of esters is 1. The van der Waals surface area contributed by atoms with Gasteiger partial charge in [-0.2, -0.15) is 0 Å². The Hall–Kier alpha value is -1.55. The van der Waals surface area contributed by atoms with Gasteiger partial charge in [0, 0.05) is 23.6 Å². The molecule has 38 heavy (non-hydrogen) atoms. The number of aliphatic hydroxyl groups is 1. The highest BCUT2D eigenvalue weighted by Crippen LogP contribution is 2.49. The fraction of sp³-hybridized carbons (Fsp3) is 0.794. The molecule has 2 N–H and O–H groups in total. The zero-order chi connectivity index (χ0) is 28.9. The number of carbonyl (C=O) groups is 1. The highest BCUT2D eigenvalue weighted by molar-refractivity contribution is 5.72. The Morgan fingerprint density at radius 1 is 0.789 bits per heavy atom. The van der Waals surface area contributed by atoms with Gasteiger partial charge in [-0.15, -0.1) is 0 Å². The molecule has 0 amide bonds. The molecule has 1 aromatic carbocycles. The van der Waals surface area contributed by atoms with Gasteiger partial charge in [0.25, 0.3) is 0 Å². The van der Waals surface area contributed by atoms with Crippen molar-refractivity contribution in [2.75, 3.05) is 0 Å². The SMILES string of the molecule is CCCCCCCCC(CCCCCCCC)C(O)c1c(O)cc(C(C)(C)C)c(OC(C)=O)c1C(C)(C)C. The van der Waals surface area contributed by atoms with Crippen LogP contribution in [0.3, 0.4) is 0 Å². The standard InChI is InChI=1S/C34H60O4/c1-10-12-14-16-18-20-22-26(23-21-19-17-15-13-11-2)31(37)29-28(36)24-27(33(4,5)6)32(38-25(3)35)30(29)34(7,8)9/h24,26,31,36-37H,10-23H2,1-9H3. The van der Waals surface area contributed by atoms with Crippen LogP contribution in [0.15, 0.2) is 6.07 Å². The summed E-state index contributed by atoms with van der Waals surface area (Å²) in [5.74, 6) is 0.286. The van der Waals surface area contributed by atoms with Gasteiger partial charge >= 0.3 is 5.97 Å². The minimum absolute atomic E-state index is 0.0602. The molecule has 0 fully saturated rings. The summed E-state index contributed by atoms with van der Waals surface area (Å²) in [5.41, 5.74) is 1.30. The summed E-state index contributed by atoms with van der Waals surface area (Å²) in [6, 6.07) is 1.72. The fourth-order valence-corrected chi connectivity index (χ4v) is 5.59. The molecular weight excluding hydrogens is 472 g/mol. The molecule has 1 rings (SSSR count). The Morgan fingerprint density at radius 3 is 1.63 bits per heavy atom. The number of carbonyl (C=O) groups excluding carboxylic acids is 1. The van der Waals surface area contributed by atoms with E-state index >= 15 is 0 Å². The molecule has 0 bridgehead atoms. The van der Waals surface area contributed by atoms with E-state index in [0.717, 1.165) is 36.8 Å². The van der Waals surface area contributed by atoms with Gasteiger partial charge in [0.05, 0.1) is 6.10 Å². The number of unbranched alkanes of at least 4 members (excludes halogenated alkanes) is 10. The number of phenolic OH excluding ortho intramolecular Hbond substituents is 1. The predicted molar refractivity (Wildman–Crippen MR) is 161 cm³/mol. The quantitative estimate of drug-likeness (QED) is 0.119. The first-order valence-electron chi connectivity index (χ1n) is 15.5. The summed E-state index contributed by atoms with van der Waals surface area (Å²) in [5, 5.41) is 23.4. The molecule has 1 unspecified atom stereocenters. The van der Waals surface area contributed by atoms with Gasteiger partial charge in [0.1, 0.15) is 11.5 Å².